The second-order valence-corrected chi connectivity index (χ2v) is 9.49. The Labute approximate surface area is 174 Å². The summed E-state index contributed by atoms with van der Waals surface area (Å²) in [5.74, 6) is 0.933. The molecule has 3 heteroatoms. The van der Waals surface area contributed by atoms with Crippen LogP contribution in [0.1, 0.15) is 123 Å². The molecule has 0 heterocycles. The predicted molar refractivity (Wildman–Crippen MR) is 116 cm³/mol. The molecule has 0 unspecified atom stereocenters. The van der Waals surface area contributed by atoms with E-state index in [2.05, 4.69) is 19.9 Å². The van der Waals surface area contributed by atoms with Gasteiger partial charge in [-0.05, 0) is 63.7 Å². The van der Waals surface area contributed by atoms with E-state index >= 15 is 0 Å². The Morgan fingerprint density at radius 3 is 2.00 bits per heavy atom. The van der Waals surface area contributed by atoms with E-state index in [0.717, 1.165) is 38.0 Å². The standard InChI is InChI=1S/C25H45NO2/c1-3-5-7-8-9-10-22-11-13-23(14-12-22)27-21-28-24-15-18-25(20-26,19-16-24)17-6-4-2/h22-24H,3-19,21H2,1-2H3/t22-,23-,24-,25-. The Kier molecular flexibility index (Phi) is 11.5. The maximum Gasteiger partial charge on any atom is 0.147 e. The molecule has 0 radical (unpaired) electrons. The van der Waals surface area contributed by atoms with E-state index in [-0.39, 0.29) is 5.41 Å². The molecule has 3 nitrogen and oxygen atoms in total. The molecule has 0 saturated heterocycles. The molecule has 2 saturated carbocycles. The molecule has 0 aromatic carbocycles. The Bertz CT molecular complexity index is 428. The summed E-state index contributed by atoms with van der Waals surface area (Å²) in [7, 11) is 0. The van der Waals surface area contributed by atoms with Gasteiger partial charge >= 0.3 is 0 Å². The molecule has 0 aromatic heterocycles. The summed E-state index contributed by atoms with van der Waals surface area (Å²) in [6.07, 6.45) is 21.7. The number of hydrogen-bond donors (Lipinski definition) is 0. The van der Waals surface area contributed by atoms with Crippen LogP contribution in [0.5, 0.6) is 0 Å². The van der Waals surface area contributed by atoms with Gasteiger partial charge in [-0.15, -0.1) is 0 Å². The first-order chi connectivity index (χ1) is 13.7. The van der Waals surface area contributed by atoms with Crippen LogP contribution in [0.4, 0.5) is 0 Å². The van der Waals surface area contributed by atoms with Gasteiger partial charge < -0.3 is 9.47 Å². The average molecular weight is 392 g/mol. The van der Waals surface area contributed by atoms with Crippen molar-refractivity contribution in [1.29, 1.82) is 5.26 Å². The van der Waals surface area contributed by atoms with Crippen LogP contribution >= 0.6 is 0 Å². The maximum absolute atomic E-state index is 9.60. The van der Waals surface area contributed by atoms with Gasteiger partial charge in [0, 0.05) is 0 Å². The van der Waals surface area contributed by atoms with Gasteiger partial charge in [0.15, 0.2) is 0 Å². The van der Waals surface area contributed by atoms with E-state index in [1.807, 2.05) is 0 Å². The van der Waals surface area contributed by atoms with Crippen molar-refractivity contribution >= 4 is 0 Å². The third-order valence-electron chi connectivity index (χ3n) is 7.25. The number of unbranched alkanes of at least 4 members (excludes halogenated alkanes) is 5. The SMILES string of the molecule is CCCCCCC[C@H]1CC[C@H](OCO[C@H]2CC[C@@](C#N)(CCCC)CC2)CC1. The molecule has 0 bridgehead atoms. The van der Waals surface area contributed by atoms with Gasteiger partial charge in [0.1, 0.15) is 6.79 Å². The van der Waals surface area contributed by atoms with Crippen LogP contribution < -0.4 is 0 Å². The van der Waals surface area contributed by atoms with Crippen molar-refractivity contribution in [2.45, 2.75) is 135 Å². The van der Waals surface area contributed by atoms with Crippen LogP contribution in [0.25, 0.3) is 0 Å². The van der Waals surface area contributed by atoms with E-state index in [1.165, 1.54) is 77.0 Å². The van der Waals surface area contributed by atoms with Gasteiger partial charge in [0.05, 0.1) is 23.7 Å². The minimum atomic E-state index is -0.0777. The molecule has 2 aliphatic carbocycles. The van der Waals surface area contributed by atoms with Crippen LogP contribution in [0, 0.1) is 22.7 Å². The fourth-order valence-corrected chi connectivity index (χ4v) is 5.10. The van der Waals surface area contributed by atoms with Crippen molar-refractivity contribution < 1.29 is 9.47 Å². The molecule has 0 aromatic rings. The van der Waals surface area contributed by atoms with Gasteiger partial charge in [-0.2, -0.15) is 5.26 Å². The zero-order valence-corrected chi connectivity index (χ0v) is 18.7. The molecular weight excluding hydrogens is 346 g/mol. The molecule has 0 atom stereocenters. The lowest BCUT2D eigenvalue weighted by molar-refractivity contribution is -0.137. The van der Waals surface area contributed by atoms with E-state index < -0.39 is 0 Å². The fourth-order valence-electron chi connectivity index (χ4n) is 5.10. The van der Waals surface area contributed by atoms with Crippen molar-refractivity contribution in [3.05, 3.63) is 0 Å². The topological polar surface area (TPSA) is 42.2 Å². The first kappa shape index (κ1) is 23.7. The largest absolute Gasteiger partial charge is 0.352 e. The average Bonchev–Trinajstić information content (AvgIpc) is 2.74. The third-order valence-corrected chi connectivity index (χ3v) is 7.25. The monoisotopic (exact) mass is 391 g/mol. The van der Waals surface area contributed by atoms with Crippen molar-refractivity contribution in [3.63, 3.8) is 0 Å². The predicted octanol–water partition coefficient (Wildman–Crippen LogP) is 7.54. The van der Waals surface area contributed by atoms with Gasteiger partial charge in [0.25, 0.3) is 0 Å². The summed E-state index contributed by atoms with van der Waals surface area (Å²) in [4.78, 5) is 0. The molecule has 0 N–H and O–H groups in total. The molecule has 2 fully saturated rings. The summed E-state index contributed by atoms with van der Waals surface area (Å²) in [6, 6.07) is 2.62. The number of hydrogen-bond acceptors (Lipinski definition) is 3. The second kappa shape index (κ2) is 13.6. The number of ether oxygens (including phenoxy) is 2. The third kappa shape index (κ3) is 8.42. The smallest absolute Gasteiger partial charge is 0.147 e. The minimum absolute atomic E-state index is 0.0777. The van der Waals surface area contributed by atoms with Crippen LogP contribution in [-0.2, 0) is 9.47 Å². The van der Waals surface area contributed by atoms with Crippen LogP contribution in [-0.4, -0.2) is 19.0 Å². The van der Waals surface area contributed by atoms with Crippen molar-refractivity contribution in [3.8, 4) is 6.07 Å². The summed E-state index contributed by atoms with van der Waals surface area (Å²) in [6.45, 7) is 4.94. The Hall–Kier alpha value is -0.590. The first-order valence-corrected chi connectivity index (χ1v) is 12.4. The van der Waals surface area contributed by atoms with E-state index in [4.69, 9.17) is 9.47 Å². The van der Waals surface area contributed by atoms with Crippen LogP contribution in [0.15, 0.2) is 0 Å². The summed E-state index contributed by atoms with van der Waals surface area (Å²) in [5.41, 5.74) is -0.0777. The lowest BCUT2D eigenvalue weighted by Gasteiger charge is -2.35. The Morgan fingerprint density at radius 2 is 1.39 bits per heavy atom. The quantitative estimate of drug-likeness (QED) is 0.240. The van der Waals surface area contributed by atoms with Gasteiger partial charge in [-0.25, -0.2) is 0 Å². The van der Waals surface area contributed by atoms with Crippen LogP contribution in [0.2, 0.25) is 0 Å². The molecule has 0 amide bonds. The zero-order chi connectivity index (χ0) is 20.1. The van der Waals surface area contributed by atoms with E-state index in [9.17, 15) is 5.26 Å². The Balaban J connectivity index is 1.51. The van der Waals surface area contributed by atoms with Crippen molar-refractivity contribution in [2.75, 3.05) is 6.79 Å². The Morgan fingerprint density at radius 1 is 0.786 bits per heavy atom. The lowest BCUT2D eigenvalue weighted by Crippen LogP contribution is -2.31. The van der Waals surface area contributed by atoms with E-state index in [1.54, 1.807) is 0 Å². The second-order valence-electron chi connectivity index (χ2n) is 9.49. The highest BCUT2D eigenvalue weighted by Crippen LogP contribution is 2.41. The molecule has 162 valence electrons. The fraction of sp³-hybridized carbons (Fsp3) is 0.960. The summed E-state index contributed by atoms with van der Waals surface area (Å²) < 4.78 is 12.1. The minimum Gasteiger partial charge on any atom is -0.352 e. The molecule has 2 aliphatic rings. The normalized spacial score (nSPS) is 30.8. The number of nitriles is 1. The lowest BCUT2D eigenvalue weighted by atomic mass is 9.71. The van der Waals surface area contributed by atoms with Gasteiger partial charge in [0.2, 0.25) is 0 Å². The van der Waals surface area contributed by atoms with Gasteiger partial charge in [-0.1, -0.05) is 65.2 Å². The molecule has 0 spiro atoms. The highest BCUT2D eigenvalue weighted by molar-refractivity contribution is 5.01. The number of rotatable bonds is 13. The summed E-state index contributed by atoms with van der Waals surface area (Å²) >= 11 is 0. The van der Waals surface area contributed by atoms with Crippen molar-refractivity contribution in [2.24, 2.45) is 11.3 Å². The molecule has 2 rings (SSSR count). The first-order valence-electron chi connectivity index (χ1n) is 12.4. The van der Waals surface area contributed by atoms with Crippen LogP contribution in [0.3, 0.4) is 0 Å². The highest BCUT2D eigenvalue weighted by atomic mass is 16.7. The molecular formula is C25H45NO2. The molecule has 28 heavy (non-hydrogen) atoms. The highest BCUT2D eigenvalue weighted by Gasteiger charge is 2.35. The van der Waals surface area contributed by atoms with E-state index in [0.29, 0.717) is 19.0 Å². The number of nitrogens with zero attached hydrogens (tertiary/aromatic N) is 1. The van der Waals surface area contributed by atoms with Crippen molar-refractivity contribution in [1.82, 2.24) is 0 Å². The maximum atomic E-state index is 9.60. The molecule has 0 aliphatic heterocycles. The van der Waals surface area contributed by atoms with Gasteiger partial charge in [-0.3, -0.25) is 0 Å². The zero-order valence-electron chi connectivity index (χ0n) is 18.7. The summed E-state index contributed by atoms with van der Waals surface area (Å²) in [5, 5.41) is 9.60.